The summed E-state index contributed by atoms with van der Waals surface area (Å²) < 4.78 is 12.4. The Kier molecular flexibility index (Phi) is 6.52. The SMILES string of the molecule is c1ccc2c(c1)cc(-c1ccc(N(c3ccc(-c4ccc5oc6ncccc6c5c4)cc3)c3cccc4oc5ccccc5c34)cc1)c1ccccc12. The average Bonchev–Trinajstić information content (AvgIpc) is 3.80. The van der Waals surface area contributed by atoms with E-state index < -0.39 is 0 Å². The highest BCUT2D eigenvalue weighted by molar-refractivity contribution is 6.15. The highest BCUT2D eigenvalue weighted by Gasteiger charge is 2.20. The van der Waals surface area contributed by atoms with Crippen LogP contribution in [0.2, 0.25) is 0 Å². The summed E-state index contributed by atoms with van der Waals surface area (Å²) >= 11 is 0. The fraction of sp³-hybridized carbons (Fsp3) is 0. The molecule has 0 spiro atoms. The molecule has 8 aromatic carbocycles. The van der Waals surface area contributed by atoms with Crippen molar-refractivity contribution in [1.82, 2.24) is 4.98 Å². The Morgan fingerprint density at radius 3 is 1.87 bits per heavy atom. The van der Waals surface area contributed by atoms with Crippen LogP contribution in [0.5, 0.6) is 0 Å². The first-order chi connectivity index (χ1) is 26.3. The first-order valence-electron chi connectivity index (χ1n) is 17.9. The number of pyridine rings is 1. The number of anilines is 3. The molecule has 248 valence electrons. The minimum absolute atomic E-state index is 0.659. The molecule has 0 bridgehead atoms. The van der Waals surface area contributed by atoms with Gasteiger partial charge in [0.05, 0.1) is 11.1 Å². The molecule has 0 amide bonds. The summed E-state index contributed by atoms with van der Waals surface area (Å²) in [6.45, 7) is 0. The van der Waals surface area contributed by atoms with Crippen LogP contribution in [0.15, 0.2) is 191 Å². The minimum Gasteiger partial charge on any atom is -0.456 e. The van der Waals surface area contributed by atoms with Crippen LogP contribution in [0.1, 0.15) is 0 Å². The number of hydrogen-bond acceptors (Lipinski definition) is 4. The third-order valence-corrected chi connectivity index (χ3v) is 10.5. The van der Waals surface area contributed by atoms with Gasteiger partial charge >= 0.3 is 0 Å². The molecule has 0 radical (unpaired) electrons. The first-order valence-corrected chi connectivity index (χ1v) is 17.9. The number of para-hydroxylation sites is 1. The van der Waals surface area contributed by atoms with E-state index in [4.69, 9.17) is 8.83 Å². The van der Waals surface area contributed by atoms with E-state index in [1.54, 1.807) is 6.20 Å². The van der Waals surface area contributed by atoms with Crippen LogP contribution in [0.3, 0.4) is 0 Å². The van der Waals surface area contributed by atoms with Crippen molar-refractivity contribution < 1.29 is 8.83 Å². The summed E-state index contributed by atoms with van der Waals surface area (Å²) in [4.78, 5) is 6.76. The number of fused-ring (bicyclic) bond motifs is 9. The second-order valence-corrected chi connectivity index (χ2v) is 13.5. The lowest BCUT2D eigenvalue weighted by Gasteiger charge is -2.27. The fourth-order valence-electron chi connectivity index (χ4n) is 8.05. The van der Waals surface area contributed by atoms with Crippen LogP contribution < -0.4 is 4.90 Å². The number of nitrogens with zero attached hydrogens (tertiary/aromatic N) is 2. The molecule has 0 atom stereocenters. The van der Waals surface area contributed by atoms with Gasteiger partial charge in [-0.15, -0.1) is 0 Å². The van der Waals surface area contributed by atoms with Crippen LogP contribution in [0.25, 0.3) is 87.8 Å². The van der Waals surface area contributed by atoms with Gasteiger partial charge in [0.15, 0.2) is 0 Å². The van der Waals surface area contributed by atoms with Gasteiger partial charge in [0.2, 0.25) is 5.71 Å². The minimum atomic E-state index is 0.659. The Morgan fingerprint density at radius 1 is 0.396 bits per heavy atom. The van der Waals surface area contributed by atoms with Gasteiger partial charge in [-0.2, -0.15) is 0 Å². The third-order valence-electron chi connectivity index (χ3n) is 10.5. The molecular formula is C49H30N2O2. The van der Waals surface area contributed by atoms with Gasteiger partial charge in [-0.3, -0.25) is 0 Å². The number of aromatic nitrogens is 1. The maximum atomic E-state index is 6.37. The monoisotopic (exact) mass is 678 g/mol. The first kappa shape index (κ1) is 29.5. The molecule has 0 aliphatic rings. The Bertz CT molecular complexity index is 3170. The smallest absolute Gasteiger partial charge is 0.227 e. The molecule has 0 unspecified atom stereocenters. The highest BCUT2D eigenvalue weighted by atomic mass is 16.3. The van der Waals surface area contributed by atoms with Gasteiger partial charge in [-0.1, -0.05) is 103 Å². The molecule has 3 aromatic heterocycles. The van der Waals surface area contributed by atoms with Gasteiger partial charge < -0.3 is 13.7 Å². The van der Waals surface area contributed by atoms with E-state index in [1.807, 2.05) is 24.3 Å². The second-order valence-electron chi connectivity index (χ2n) is 13.5. The number of rotatable bonds is 5. The lowest BCUT2D eigenvalue weighted by atomic mass is 9.93. The quantitative estimate of drug-likeness (QED) is 0.170. The van der Waals surface area contributed by atoms with Gasteiger partial charge in [0.1, 0.15) is 16.7 Å². The molecule has 0 saturated carbocycles. The van der Waals surface area contributed by atoms with Gasteiger partial charge in [-0.05, 0) is 117 Å². The molecule has 4 nitrogen and oxygen atoms in total. The second kappa shape index (κ2) is 11.7. The van der Waals surface area contributed by atoms with Crippen molar-refractivity contribution in [2.75, 3.05) is 4.90 Å². The number of benzene rings is 8. The lowest BCUT2D eigenvalue weighted by Crippen LogP contribution is -2.10. The molecule has 0 N–H and O–H groups in total. The molecule has 11 aromatic rings. The topological polar surface area (TPSA) is 42.4 Å². The summed E-state index contributed by atoms with van der Waals surface area (Å²) in [5, 5.41) is 9.29. The molecule has 53 heavy (non-hydrogen) atoms. The fourth-order valence-corrected chi connectivity index (χ4v) is 8.05. The highest BCUT2D eigenvalue weighted by Crippen LogP contribution is 2.44. The van der Waals surface area contributed by atoms with E-state index in [2.05, 4.69) is 162 Å². The summed E-state index contributed by atoms with van der Waals surface area (Å²) in [7, 11) is 0. The van der Waals surface area contributed by atoms with Gasteiger partial charge in [-0.25, -0.2) is 4.98 Å². The zero-order valence-electron chi connectivity index (χ0n) is 28.5. The van der Waals surface area contributed by atoms with Crippen LogP contribution in [0, 0.1) is 0 Å². The van der Waals surface area contributed by atoms with Crippen LogP contribution in [-0.4, -0.2) is 4.98 Å². The van der Waals surface area contributed by atoms with Crippen molar-refractivity contribution in [1.29, 1.82) is 0 Å². The molecule has 0 saturated heterocycles. The number of furan rings is 2. The van der Waals surface area contributed by atoms with Crippen molar-refractivity contribution in [2.24, 2.45) is 0 Å². The summed E-state index contributed by atoms with van der Waals surface area (Å²) in [6, 6.07) is 62.4. The van der Waals surface area contributed by atoms with E-state index in [9.17, 15) is 0 Å². The largest absolute Gasteiger partial charge is 0.456 e. The molecular weight excluding hydrogens is 649 g/mol. The molecule has 11 rings (SSSR count). The average molecular weight is 679 g/mol. The van der Waals surface area contributed by atoms with Crippen molar-refractivity contribution >= 4 is 82.6 Å². The van der Waals surface area contributed by atoms with Crippen molar-refractivity contribution in [3.8, 4) is 22.3 Å². The molecule has 0 aliphatic carbocycles. The zero-order chi connectivity index (χ0) is 34.9. The lowest BCUT2D eigenvalue weighted by molar-refractivity contribution is 0.654. The zero-order valence-corrected chi connectivity index (χ0v) is 28.5. The standard InChI is InChI=1S/C49H30N2O2/c1-2-10-37-34(9-1)30-42(39-12-4-3-11-38(37)39)32-20-25-36(26-21-32)51(44-15-7-17-47-48(44)41-13-5-6-16-45(41)52-47)35-23-18-31(19-24-35)33-22-27-46-43(29-33)40-14-8-28-50-49(40)53-46/h1-30H. The Morgan fingerprint density at radius 2 is 1.04 bits per heavy atom. The maximum Gasteiger partial charge on any atom is 0.227 e. The van der Waals surface area contributed by atoms with E-state index in [-0.39, 0.29) is 0 Å². The number of hydrogen-bond donors (Lipinski definition) is 0. The van der Waals surface area contributed by atoms with E-state index >= 15 is 0 Å². The van der Waals surface area contributed by atoms with Crippen molar-refractivity contribution in [3.63, 3.8) is 0 Å². The van der Waals surface area contributed by atoms with Crippen LogP contribution >= 0.6 is 0 Å². The summed E-state index contributed by atoms with van der Waals surface area (Å²) in [5.74, 6) is 0. The van der Waals surface area contributed by atoms with Crippen molar-refractivity contribution in [2.45, 2.75) is 0 Å². The predicted octanol–water partition coefficient (Wildman–Crippen LogP) is 14.0. The molecule has 0 aliphatic heterocycles. The third kappa shape index (κ3) is 4.73. The van der Waals surface area contributed by atoms with Crippen LogP contribution in [0.4, 0.5) is 17.1 Å². The van der Waals surface area contributed by atoms with Gasteiger partial charge in [0, 0.05) is 33.7 Å². The molecule has 4 heteroatoms. The molecule has 3 heterocycles. The van der Waals surface area contributed by atoms with E-state index in [0.717, 1.165) is 66.5 Å². The van der Waals surface area contributed by atoms with E-state index in [0.29, 0.717) is 5.71 Å². The Labute approximate surface area is 304 Å². The summed E-state index contributed by atoms with van der Waals surface area (Å²) in [5.41, 5.74) is 11.0. The van der Waals surface area contributed by atoms with Gasteiger partial charge in [0.25, 0.3) is 0 Å². The normalized spacial score (nSPS) is 11.8. The predicted molar refractivity (Wildman–Crippen MR) is 219 cm³/mol. The Balaban J connectivity index is 1.06. The van der Waals surface area contributed by atoms with E-state index in [1.165, 1.54) is 32.7 Å². The van der Waals surface area contributed by atoms with Crippen molar-refractivity contribution in [3.05, 3.63) is 182 Å². The molecule has 0 fully saturated rings. The maximum absolute atomic E-state index is 6.37. The Hall–Kier alpha value is -7.17. The summed E-state index contributed by atoms with van der Waals surface area (Å²) in [6.07, 6.45) is 1.77. The van der Waals surface area contributed by atoms with Crippen LogP contribution in [-0.2, 0) is 0 Å².